The molecule has 0 aliphatic carbocycles. The lowest BCUT2D eigenvalue weighted by Gasteiger charge is -2.19. The van der Waals surface area contributed by atoms with E-state index in [9.17, 15) is 0 Å². The summed E-state index contributed by atoms with van der Waals surface area (Å²) >= 11 is 0. The zero-order chi connectivity index (χ0) is 14.5. The lowest BCUT2D eigenvalue weighted by molar-refractivity contribution is 0.572. The monoisotopic (exact) mass is 271 g/mol. The van der Waals surface area contributed by atoms with Crippen molar-refractivity contribution < 1.29 is 0 Å². The largest absolute Gasteiger partial charge is 0.305 e. The molecule has 1 atom stereocenters. The maximum absolute atomic E-state index is 4.46. The summed E-state index contributed by atoms with van der Waals surface area (Å²) in [5, 5.41) is 8.02. The summed E-state index contributed by atoms with van der Waals surface area (Å²) < 4.78 is 1.97. The van der Waals surface area contributed by atoms with Crippen molar-refractivity contribution in [1.29, 1.82) is 0 Å². The molecule has 2 aromatic rings. The highest BCUT2D eigenvalue weighted by Crippen LogP contribution is 2.23. The van der Waals surface area contributed by atoms with E-state index in [0.29, 0.717) is 0 Å². The van der Waals surface area contributed by atoms with Crippen molar-refractivity contribution in [2.24, 2.45) is 7.05 Å². The van der Waals surface area contributed by atoms with Crippen molar-refractivity contribution in [2.45, 2.75) is 39.7 Å². The second-order valence-electron chi connectivity index (χ2n) is 5.32. The summed E-state index contributed by atoms with van der Waals surface area (Å²) in [6.45, 7) is 7.33. The van der Waals surface area contributed by atoms with Crippen LogP contribution < -0.4 is 5.32 Å². The first-order valence-electron chi connectivity index (χ1n) is 7.48. The van der Waals surface area contributed by atoms with E-state index in [0.717, 1.165) is 18.7 Å². The summed E-state index contributed by atoms with van der Waals surface area (Å²) in [5.74, 6) is 0. The number of aromatic nitrogens is 2. The van der Waals surface area contributed by atoms with Gasteiger partial charge in [-0.05, 0) is 37.1 Å². The van der Waals surface area contributed by atoms with Gasteiger partial charge in [0.1, 0.15) is 0 Å². The average molecular weight is 271 g/mol. The van der Waals surface area contributed by atoms with Gasteiger partial charge in [-0.25, -0.2) is 0 Å². The van der Waals surface area contributed by atoms with Gasteiger partial charge in [0, 0.05) is 7.05 Å². The molecule has 0 spiro atoms. The number of nitrogens with zero attached hydrogens (tertiary/aromatic N) is 2. The third-order valence-electron chi connectivity index (χ3n) is 3.59. The van der Waals surface area contributed by atoms with E-state index in [1.807, 2.05) is 18.7 Å². The number of nitrogens with one attached hydrogen (secondary N) is 1. The van der Waals surface area contributed by atoms with Crippen molar-refractivity contribution in [3.63, 3.8) is 0 Å². The smallest absolute Gasteiger partial charge is 0.0748 e. The van der Waals surface area contributed by atoms with Crippen molar-refractivity contribution in [3.05, 3.63) is 52.8 Å². The molecule has 0 saturated carbocycles. The minimum Gasteiger partial charge on any atom is -0.305 e. The quantitative estimate of drug-likeness (QED) is 0.873. The van der Waals surface area contributed by atoms with Crippen LogP contribution in [-0.4, -0.2) is 16.3 Å². The predicted molar refractivity (Wildman–Crippen MR) is 83.9 cm³/mol. The molecule has 3 heteroatoms. The molecular formula is C17H25N3. The van der Waals surface area contributed by atoms with Gasteiger partial charge in [0.15, 0.2) is 0 Å². The van der Waals surface area contributed by atoms with Crippen LogP contribution in [-0.2, 0) is 13.5 Å². The fraction of sp³-hybridized carbons (Fsp3) is 0.471. The van der Waals surface area contributed by atoms with E-state index in [1.54, 1.807) is 0 Å². The Morgan fingerprint density at radius 3 is 2.40 bits per heavy atom. The summed E-state index contributed by atoms with van der Waals surface area (Å²) in [6.07, 6.45) is 2.34. The van der Waals surface area contributed by atoms with Crippen molar-refractivity contribution in [1.82, 2.24) is 15.1 Å². The van der Waals surface area contributed by atoms with Gasteiger partial charge in [-0.3, -0.25) is 4.68 Å². The van der Waals surface area contributed by atoms with Crippen molar-refractivity contribution in [3.8, 4) is 0 Å². The number of aryl methyl sites for hydroxylation is 3. The van der Waals surface area contributed by atoms with Gasteiger partial charge in [0.25, 0.3) is 0 Å². The summed E-state index contributed by atoms with van der Waals surface area (Å²) in [6, 6.07) is 11.3. The third kappa shape index (κ3) is 3.28. The van der Waals surface area contributed by atoms with Gasteiger partial charge in [-0.1, -0.05) is 44.5 Å². The SMILES string of the molecule is CCCc1ccc(C(NCC)c2cc(C)nn2C)cc1. The number of hydrogen-bond acceptors (Lipinski definition) is 2. The lowest BCUT2D eigenvalue weighted by Crippen LogP contribution is -2.24. The third-order valence-corrected chi connectivity index (χ3v) is 3.59. The van der Waals surface area contributed by atoms with E-state index < -0.39 is 0 Å². The lowest BCUT2D eigenvalue weighted by atomic mass is 10.0. The van der Waals surface area contributed by atoms with Crippen LogP contribution in [0, 0.1) is 6.92 Å². The molecule has 1 heterocycles. The number of rotatable bonds is 6. The van der Waals surface area contributed by atoms with Gasteiger partial charge >= 0.3 is 0 Å². The van der Waals surface area contributed by atoms with Crippen LogP contribution in [0.4, 0.5) is 0 Å². The Hall–Kier alpha value is -1.61. The molecule has 0 radical (unpaired) electrons. The second kappa shape index (κ2) is 6.71. The maximum Gasteiger partial charge on any atom is 0.0748 e. The molecule has 0 aliphatic rings. The Balaban J connectivity index is 2.30. The minimum atomic E-state index is 0.210. The minimum absolute atomic E-state index is 0.210. The Kier molecular flexibility index (Phi) is 4.96. The van der Waals surface area contributed by atoms with E-state index in [-0.39, 0.29) is 6.04 Å². The molecule has 0 amide bonds. The molecule has 1 unspecified atom stereocenters. The first-order chi connectivity index (χ1) is 9.65. The van der Waals surface area contributed by atoms with Crippen LogP contribution in [0.5, 0.6) is 0 Å². The van der Waals surface area contributed by atoms with Crippen LogP contribution in [0.2, 0.25) is 0 Å². The second-order valence-corrected chi connectivity index (χ2v) is 5.32. The van der Waals surface area contributed by atoms with Crippen LogP contribution in [0.15, 0.2) is 30.3 Å². The van der Waals surface area contributed by atoms with E-state index in [2.05, 4.69) is 54.6 Å². The maximum atomic E-state index is 4.46. The zero-order valence-electron chi connectivity index (χ0n) is 13.0. The van der Waals surface area contributed by atoms with Crippen LogP contribution in [0.1, 0.15) is 48.8 Å². The van der Waals surface area contributed by atoms with Crippen molar-refractivity contribution >= 4 is 0 Å². The number of benzene rings is 1. The molecule has 20 heavy (non-hydrogen) atoms. The highest BCUT2D eigenvalue weighted by molar-refractivity contribution is 5.31. The average Bonchev–Trinajstić information content (AvgIpc) is 2.76. The fourth-order valence-electron chi connectivity index (χ4n) is 2.66. The first-order valence-corrected chi connectivity index (χ1v) is 7.48. The fourth-order valence-corrected chi connectivity index (χ4v) is 2.66. The summed E-state index contributed by atoms with van der Waals surface area (Å²) in [5.41, 5.74) is 4.99. The van der Waals surface area contributed by atoms with Gasteiger partial charge < -0.3 is 5.32 Å². The Labute approximate surface area is 122 Å². The molecule has 3 nitrogen and oxygen atoms in total. The highest BCUT2D eigenvalue weighted by Gasteiger charge is 2.17. The molecule has 1 aromatic heterocycles. The normalized spacial score (nSPS) is 12.6. The molecule has 1 N–H and O–H groups in total. The van der Waals surface area contributed by atoms with Gasteiger partial charge in [0.05, 0.1) is 17.4 Å². The summed E-state index contributed by atoms with van der Waals surface area (Å²) in [7, 11) is 2.01. The Morgan fingerprint density at radius 1 is 1.20 bits per heavy atom. The molecular weight excluding hydrogens is 246 g/mol. The molecule has 0 saturated heterocycles. The standard InChI is InChI=1S/C17H25N3/c1-5-7-14-8-10-15(11-9-14)17(18-6-2)16-12-13(3)19-20(16)4/h8-12,17-18H,5-7H2,1-4H3. The zero-order valence-corrected chi connectivity index (χ0v) is 13.0. The van der Waals surface area contributed by atoms with E-state index in [1.165, 1.54) is 23.2 Å². The highest BCUT2D eigenvalue weighted by atomic mass is 15.3. The Bertz CT molecular complexity index is 540. The van der Waals surface area contributed by atoms with Crippen LogP contribution >= 0.6 is 0 Å². The molecule has 0 fully saturated rings. The molecule has 0 aliphatic heterocycles. The van der Waals surface area contributed by atoms with Gasteiger partial charge in [-0.2, -0.15) is 5.10 Å². The molecule has 108 valence electrons. The summed E-state index contributed by atoms with van der Waals surface area (Å²) in [4.78, 5) is 0. The van der Waals surface area contributed by atoms with E-state index >= 15 is 0 Å². The van der Waals surface area contributed by atoms with Crippen LogP contribution in [0.3, 0.4) is 0 Å². The molecule has 2 rings (SSSR count). The number of hydrogen-bond donors (Lipinski definition) is 1. The Morgan fingerprint density at radius 2 is 1.90 bits per heavy atom. The van der Waals surface area contributed by atoms with Gasteiger partial charge in [-0.15, -0.1) is 0 Å². The predicted octanol–water partition coefficient (Wildman–Crippen LogP) is 3.38. The topological polar surface area (TPSA) is 29.9 Å². The van der Waals surface area contributed by atoms with Gasteiger partial charge in [0.2, 0.25) is 0 Å². The van der Waals surface area contributed by atoms with Crippen LogP contribution in [0.25, 0.3) is 0 Å². The molecule has 1 aromatic carbocycles. The molecule has 0 bridgehead atoms. The van der Waals surface area contributed by atoms with Crippen molar-refractivity contribution in [2.75, 3.05) is 6.54 Å². The van der Waals surface area contributed by atoms with E-state index in [4.69, 9.17) is 0 Å². The first kappa shape index (κ1) is 14.8.